The molecule has 2 aromatic carbocycles. The Hall–Kier alpha value is -1.38. The van der Waals surface area contributed by atoms with Gasteiger partial charge in [-0.1, -0.05) is 42.0 Å². The molecule has 0 bridgehead atoms. The molecule has 0 aliphatic heterocycles. The van der Waals surface area contributed by atoms with Crippen molar-refractivity contribution in [3.8, 4) is 0 Å². The van der Waals surface area contributed by atoms with Crippen LogP contribution in [0, 0.1) is 6.92 Å². The Morgan fingerprint density at radius 2 is 1.81 bits per heavy atom. The van der Waals surface area contributed by atoms with Crippen LogP contribution in [0.5, 0.6) is 0 Å². The van der Waals surface area contributed by atoms with E-state index in [-0.39, 0.29) is 12.6 Å². The van der Waals surface area contributed by atoms with Crippen molar-refractivity contribution in [1.82, 2.24) is 0 Å². The van der Waals surface area contributed by atoms with Crippen LogP contribution in [-0.2, 0) is 6.42 Å². The van der Waals surface area contributed by atoms with Crippen LogP contribution in [0.25, 0.3) is 10.8 Å². The Labute approximate surface area is 95.7 Å². The van der Waals surface area contributed by atoms with Crippen molar-refractivity contribution in [3.05, 3.63) is 47.5 Å². The minimum absolute atomic E-state index is 0.0337. The summed E-state index contributed by atoms with van der Waals surface area (Å²) in [4.78, 5) is 0. The van der Waals surface area contributed by atoms with E-state index in [1.54, 1.807) is 0 Å². The molecular weight excluding hydrogens is 198 g/mol. The van der Waals surface area contributed by atoms with Crippen molar-refractivity contribution in [1.29, 1.82) is 0 Å². The molecule has 0 saturated heterocycles. The zero-order valence-electron chi connectivity index (χ0n) is 9.48. The van der Waals surface area contributed by atoms with Gasteiger partial charge in [-0.25, -0.2) is 0 Å². The van der Waals surface area contributed by atoms with Crippen LogP contribution in [0.1, 0.15) is 11.1 Å². The highest BCUT2D eigenvalue weighted by atomic mass is 16.3. The van der Waals surface area contributed by atoms with E-state index in [1.165, 1.54) is 21.9 Å². The van der Waals surface area contributed by atoms with E-state index in [0.29, 0.717) is 0 Å². The van der Waals surface area contributed by atoms with Gasteiger partial charge < -0.3 is 10.8 Å². The maximum atomic E-state index is 8.92. The Balaban J connectivity index is 2.33. The summed E-state index contributed by atoms with van der Waals surface area (Å²) < 4.78 is 0. The fraction of sp³-hybridized carbons (Fsp3) is 0.286. The normalized spacial score (nSPS) is 12.9. The van der Waals surface area contributed by atoms with Gasteiger partial charge >= 0.3 is 0 Å². The zero-order valence-corrected chi connectivity index (χ0v) is 9.48. The minimum Gasteiger partial charge on any atom is -0.395 e. The summed E-state index contributed by atoms with van der Waals surface area (Å²) in [7, 11) is 0. The van der Waals surface area contributed by atoms with Crippen LogP contribution in [-0.4, -0.2) is 17.8 Å². The fourth-order valence-corrected chi connectivity index (χ4v) is 1.91. The molecule has 2 rings (SSSR count). The van der Waals surface area contributed by atoms with Gasteiger partial charge in [0.1, 0.15) is 0 Å². The molecule has 84 valence electrons. The van der Waals surface area contributed by atoms with Gasteiger partial charge in [0, 0.05) is 6.04 Å². The second-order valence-corrected chi connectivity index (χ2v) is 4.33. The van der Waals surface area contributed by atoms with Crippen molar-refractivity contribution in [2.75, 3.05) is 6.61 Å². The summed E-state index contributed by atoms with van der Waals surface area (Å²) in [6.07, 6.45) is 0.723. The number of benzene rings is 2. The molecule has 0 heterocycles. The molecule has 0 amide bonds. The van der Waals surface area contributed by atoms with E-state index in [0.717, 1.165) is 6.42 Å². The van der Waals surface area contributed by atoms with Crippen molar-refractivity contribution in [3.63, 3.8) is 0 Å². The Kier molecular flexibility index (Phi) is 3.22. The number of hydrogen-bond acceptors (Lipinski definition) is 2. The lowest BCUT2D eigenvalue weighted by molar-refractivity contribution is 0.265. The van der Waals surface area contributed by atoms with E-state index in [2.05, 4.69) is 43.3 Å². The second-order valence-electron chi connectivity index (χ2n) is 4.33. The van der Waals surface area contributed by atoms with Crippen molar-refractivity contribution < 1.29 is 5.11 Å². The number of hydrogen-bond donors (Lipinski definition) is 2. The predicted octanol–water partition coefficient (Wildman–Crippen LogP) is 2.01. The average molecular weight is 215 g/mol. The Morgan fingerprint density at radius 3 is 2.56 bits per heavy atom. The van der Waals surface area contributed by atoms with Crippen LogP contribution in [0.2, 0.25) is 0 Å². The lowest BCUT2D eigenvalue weighted by Gasteiger charge is -2.09. The first-order valence-corrected chi connectivity index (χ1v) is 5.55. The van der Waals surface area contributed by atoms with Crippen molar-refractivity contribution in [2.24, 2.45) is 5.73 Å². The SMILES string of the molecule is Cc1ccc2cc(CC(N)CO)ccc2c1. The molecule has 0 saturated carbocycles. The quantitative estimate of drug-likeness (QED) is 0.822. The van der Waals surface area contributed by atoms with Crippen LogP contribution >= 0.6 is 0 Å². The van der Waals surface area contributed by atoms with Crippen LogP contribution in [0.15, 0.2) is 36.4 Å². The molecule has 2 nitrogen and oxygen atoms in total. The minimum atomic E-state index is -0.164. The molecule has 0 aliphatic rings. The third-order valence-electron chi connectivity index (χ3n) is 2.79. The highest BCUT2D eigenvalue weighted by molar-refractivity contribution is 5.83. The first-order valence-electron chi connectivity index (χ1n) is 5.55. The van der Waals surface area contributed by atoms with Crippen molar-refractivity contribution in [2.45, 2.75) is 19.4 Å². The third-order valence-corrected chi connectivity index (χ3v) is 2.79. The summed E-state index contributed by atoms with van der Waals surface area (Å²) in [6.45, 7) is 2.13. The molecule has 0 fully saturated rings. The third kappa shape index (κ3) is 2.40. The van der Waals surface area contributed by atoms with Gasteiger partial charge in [0.2, 0.25) is 0 Å². The van der Waals surface area contributed by atoms with E-state index in [4.69, 9.17) is 10.8 Å². The van der Waals surface area contributed by atoms with Gasteiger partial charge in [0.25, 0.3) is 0 Å². The first kappa shape index (κ1) is 11.1. The molecule has 16 heavy (non-hydrogen) atoms. The molecule has 0 aromatic heterocycles. The van der Waals surface area contributed by atoms with Gasteiger partial charge in [-0.2, -0.15) is 0 Å². The summed E-state index contributed by atoms with van der Waals surface area (Å²) in [6, 6.07) is 12.6. The largest absolute Gasteiger partial charge is 0.395 e. The molecule has 0 aliphatic carbocycles. The van der Waals surface area contributed by atoms with Gasteiger partial charge in [-0.3, -0.25) is 0 Å². The number of nitrogens with two attached hydrogens (primary N) is 1. The summed E-state index contributed by atoms with van der Waals surface area (Å²) >= 11 is 0. The van der Waals surface area contributed by atoms with Gasteiger partial charge in [-0.05, 0) is 29.7 Å². The fourth-order valence-electron chi connectivity index (χ4n) is 1.91. The number of aliphatic hydroxyl groups is 1. The van der Waals surface area contributed by atoms with Crippen LogP contribution in [0.4, 0.5) is 0 Å². The summed E-state index contributed by atoms with van der Waals surface area (Å²) in [5.74, 6) is 0. The maximum absolute atomic E-state index is 8.92. The lowest BCUT2D eigenvalue weighted by atomic mass is 10.0. The van der Waals surface area contributed by atoms with E-state index in [9.17, 15) is 0 Å². The number of rotatable bonds is 3. The Morgan fingerprint density at radius 1 is 1.12 bits per heavy atom. The molecular formula is C14H17NO. The Bertz CT molecular complexity index is 493. The van der Waals surface area contributed by atoms with Gasteiger partial charge in [-0.15, -0.1) is 0 Å². The molecule has 0 radical (unpaired) electrons. The highest BCUT2D eigenvalue weighted by Crippen LogP contribution is 2.18. The molecule has 1 unspecified atom stereocenters. The zero-order chi connectivity index (χ0) is 11.5. The monoisotopic (exact) mass is 215 g/mol. The molecule has 1 atom stereocenters. The van der Waals surface area contributed by atoms with Crippen LogP contribution < -0.4 is 5.73 Å². The smallest absolute Gasteiger partial charge is 0.0585 e. The molecule has 2 aromatic rings. The number of aliphatic hydroxyl groups excluding tert-OH is 1. The topological polar surface area (TPSA) is 46.2 Å². The number of aryl methyl sites for hydroxylation is 1. The summed E-state index contributed by atoms with van der Waals surface area (Å²) in [5.41, 5.74) is 8.17. The van der Waals surface area contributed by atoms with Gasteiger partial charge in [0.05, 0.1) is 6.61 Å². The highest BCUT2D eigenvalue weighted by Gasteiger charge is 2.03. The average Bonchev–Trinajstić information content (AvgIpc) is 2.29. The number of fused-ring (bicyclic) bond motifs is 1. The first-order chi connectivity index (χ1) is 7.69. The maximum Gasteiger partial charge on any atom is 0.0585 e. The van der Waals surface area contributed by atoms with E-state index >= 15 is 0 Å². The molecule has 0 spiro atoms. The van der Waals surface area contributed by atoms with E-state index in [1.807, 2.05) is 0 Å². The van der Waals surface area contributed by atoms with Gasteiger partial charge in [0.15, 0.2) is 0 Å². The summed E-state index contributed by atoms with van der Waals surface area (Å²) in [5, 5.41) is 11.4. The molecule has 2 heteroatoms. The lowest BCUT2D eigenvalue weighted by Crippen LogP contribution is -2.26. The second kappa shape index (κ2) is 4.64. The molecule has 3 N–H and O–H groups in total. The standard InChI is InChI=1S/C14H17NO/c1-10-2-4-13-7-11(8-14(15)9-16)3-5-12(13)6-10/h2-7,14,16H,8-9,15H2,1H3. The van der Waals surface area contributed by atoms with Crippen LogP contribution in [0.3, 0.4) is 0 Å². The van der Waals surface area contributed by atoms with E-state index < -0.39 is 0 Å². The predicted molar refractivity (Wildman–Crippen MR) is 67.5 cm³/mol. The van der Waals surface area contributed by atoms with Crippen molar-refractivity contribution >= 4 is 10.8 Å².